The molecule has 0 aromatic carbocycles. The molecule has 0 aliphatic heterocycles. The molecule has 0 aliphatic carbocycles. The molecular weight excluding hydrogens is 363 g/mol. The van der Waals surface area contributed by atoms with E-state index >= 15 is 0 Å². The summed E-state index contributed by atoms with van der Waals surface area (Å²) in [5, 5.41) is 3.41. The molecule has 3 aromatic heterocycles. The Hall–Kier alpha value is -2.06. The van der Waals surface area contributed by atoms with Gasteiger partial charge >= 0.3 is 6.18 Å². The SMILES string of the molecule is Cc1cc(Oc2cc(C(F)(F)F)nn2C)nc(-c2ccc(Cl)s2)c1. The lowest BCUT2D eigenvalue weighted by atomic mass is 10.2. The number of nitrogens with zero attached hydrogens (tertiary/aromatic N) is 3. The summed E-state index contributed by atoms with van der Waals surface area (Å²) < 4.78 is 45.3. The molecule has 126 valence electrons. The second-order valence-corrected chi connectivity index (χ2v) is 6.78. The quantitative estimate of drug-likeness (QED) is 0.624. The van der Waals surface area contributed by atoms with Gasteiger partial charge in [-0.15, -0.1) is 11.3 Å². The number of alkyl halides is 3. The van der Waals surface area contributed by atoms with Crippen molar-refractivity contribution in [2.24, 2.45) is 7.05 Å². The van der Waals surface area contributed by atoms with E-state index < -0.39 is 11.9 Å². The van der Waals surface area contributed by atoms with Crippen molar-refractivity contribution in [3.8, 4) is 22.3 Å². The molecule has 0 fully saturated rings. The first-order chi connectivity index (χ1) is 11.2. The lowest BCUT2D eigenvalue weighted by Crippen LogP contribution is -2.06. The molecule has 3 heterocycles. The molecule has 0 N–H and O–H groups in total. The van der Waals surface area contributed by atoms with Gasteiger partial charge in [-0.05, 0) is 30.7 Å². The first-order valence-corrected chi connectivity index (χ1v) is 7.95. The minimum atomic E-state index is -4.53. The zero-order valence-corrected chi connectivity index (χ0v) is 14.1. The maximum absolute atomic E-state index is 12.7. The van der Waals surface area contributed by atoms with Crippen LogP contribution in [0.25, 0.3) is 10.6 Å². The molecular formula is C15H11ClF3N3OS. The Balaban J connectivity index is 1.93. The van der Waals surface area contributed by atoms with Crippen LogP contribution in [0.3, 0.4) is 0 Å². The topological polar surface area (TPSA) is 39.9 Å². The fraction of sp³-hybridized carbons (Fsp3) is 0.200. The highest BCUT2D eigenvalue weighted by atomic mass is 35.5. The molecule has 0 radical (unpaired) electrons. The summed E-state index contributed by atoms with van der Waals surface area (Å²) in [7, 11) is 1.38. The fourth-order valence-electron chi connectivity index (χ4n) is 2.06. The van der Waals surface area contributed by atoms with Crippen molar-refractivity contribution in [2.75, 3.05) is 0 Å². The van der Waals surface area contributed by atoms with Crippen LogP contribution in [0, 0.1) is 6.92 Å². The average molecular weight is 374 g/mol. The van der Waals surface area contributed by atoms with Crippen LogP contribution < -0.4 is 4.74 Å². The van der Waals surface area contributed by atoms with Gasteiger partial charge in [-0.25, -0.2) is 9.67 Å². The van der Waals surface area contributed by atoms with Gasteiger partial charge in [0.25, 0.3) is 0 Å². The van der Waals surface area contributed by atoms with Crippen LogP contribution in [-0.2, 0) is 13.2 Å². The maximum atomic E-state index is 12.7. The minimum absolute atomic E-state index is 0.0458. The second-order valence-electron chi connectivity index (χ2n) is 5.06. The molecule has 0 atom stereocenters. The Kier molecular flexibility index (Phi) is 4.27. The molecule has 4 nitrogen and oxygen atoms in total. The highest BCUT2D eigenvalue weighted by Gasteiger charge is 2.35. The van der Waals surface area contributed by atoms with Gasteiger partial charge in [0.15, 0.2) is 5.69 Å². The third-order valence-electron chi connectivity index (χ3n) is 3.11. The number of thiophene rings is 1. The van der Waals surface area contributed by atoms with E-state index in [1.54, 1.807) is 12.1 Å². The summed E-state index contributed by atoms with van der Waals surface area (Å²) in [6.45, 7) is 1.84. The van der Waals surface area contributed by atoms with E-state index in [-0.39, 0.29) is 11.8 Å². The Bertz CT molecular complexity index is 888. The van der Waals surface area contributed by atoms with Crippen LogP contribution in [0.1, 0.15) is 11.3 Å². The van der Waals surface area contributed by atoms with Gasteiger partial charge in [-0.2, -0.15) is 18.3 Å². The van der Waals surface area contributed by atoms with Gasteiger partial charge in [-0.3, -0.25) is 0 Å². The smallest absolute Gasteiger partial charge is 0.421 e. The first kappa shape index (κ1) is 16.8. The molecule has 0 bridgehead atoms. The second kappa shape index (κ2) is 6.10. The predicted octanol–water partition coefficient (Wildman–Crippen LogP) is 5.32. The van der Waals surface area contributed by atoms with Crippen molar-refractivity contribution in [3.05, 3.63) is 45.9 Å². The number of hydrogen-bond acceptors (Lipinski definition) is 4. The van der Waals surface area contributed by atoms with Crippen molar-refractivity contribution in [1.29, 1.82) is 0 Å². The summed E-state index contributed by atoms with van der Waals surface area (Å²) in [6.07, 6.45) is -4.53. The van der Waals surface area contributed by atoms with Gasteiger partial charge in [0.2, 0.25) is 11.8 Å². The zero-order valence-electron chi connectivity index (χ0n) is 12.6. The standard InChI is InChI=1S/C15H11ClF3N3OS/c1-8-5-9(10-3-4-12(16)24-10)20-13(6-8)23-14-7-11(15(17,18)19)21-22(14)2/h3-7H,1-2H3. The minimum Gasteiger partial charge on any atom is -0.421 e. The molecule has 0 aliphatic rings. The summed E-state index contributed by atoms with van der Waals surface area (Å²) >= 11 is 7.28. The van der Waals surface area contributed by atoms with E-state index in [1.165, 1.54) is 18.4 Å². The van der Waals surface area contributed by atoms with Gasteiger partial charge in [0.05, 0.1) is 14.9 Å². The first-order valence-electron chi connectivity index (χ1n) is 6.76. The van der Waals surface area contributed by atoms with Gasteiger partial charge in [0, 0.05) is 19.2 Å². The van der Waals surface area contributed by atoms with Crippen LogP contribution in [0.15, 0.2) is 30.3 Å². The number of rotatable bonds is 3. The van der Waals surface area contributed by atoms with E-state index in [2.05, 4.69) is 10.1 Å². The van der Waals surface area contributed by atoms with Crippen LogP contribution in [0.4, 0.5) is 13.2 Å². The maximum Gasteiger partial charge on any atom is 0.435 e. The zero-order chi connectivity index (χ0) is 17.5. The van der Waals surface area contributed by atoms with Gasteiger partial charge in [0.1, 0.15) is 0 Å². The van der Waals surface area contributed by atoms with Crippen molar-refractivity contribution >= 4 is 22.9 Å². The molecule has 9 heteroatoms. The largest absolute Gasteiger partial charge is 0.435 e. The molecule has 0 saturated carbocycles. The lowest BCUT2D eigenvalue weighted by molar-refractivity contribution is -0.141. The third-order valence-corrected chi connectivity index (χ3v) is 4.36. The van der Waals surface area contributed by atoms with Crippen molar-refractivity contribution in [3.63, 3.8) is 0 Å². The number of ether oxygens (including phenoxy) is 1. The Morgan fingerprint density at radius 1 is 1.21 bits per heavy atom. The third kappa shape index (κ3) is 3.54. The normalized spacial score (nSPS) is 11.8. The average Bonchev–Trinajstić information content (AvgIpc) is 3.05. The number of aromatic nitrogens is 3. The Labute approximate surface area is 144 Å². The number of halogens is 4. The Morgan fingerprint density at radius 3 is 2.54 bits per heavy atom. The van der Waals surface area contributed by atoms with E-state index in [4.69, 9.17) is 16.3 Å². The van der Waals surface area contributed by atoms with E-state index in [0.717, 1.165) is 21.2 Å². The summed E-state index contributed by atoms with van der Waals surface area (Å²) in [6, 6.07) is 7.90. The van der Waals surface area contributed by atoms with Crippen LogP contribution >= 0.6 is 22.9 Å². The number of aryl methyl sites for hydroxylation is 2. The summed E-state index contributed by atoms with van der Waals surface area (Å²) in [5.74, 6) is 0.141. The lowest BCUT2D eigenvalue weighted by Gasteiger charge is -2.07. The van der Waals surface area contributed by atoms with E-state index in [9.17, 15) is 13.2 Å². The van der Waals surface area contributed by atoms with Crippen molar-refractivity contribution < 1.29 is 17.9 Å². The van der Waals surface area contributed by atoms with Crippen LogP contribution in [-0.4, -0.2) is 14.8 Å². The number of pyridine rings is 1. The molecule has 0 amide bonds. The highest BCUT2D eigenvalue weighted by Crippen LogP contribution is 2.34. The van der Waals surface area contributed by atoms with Crippen molar-refractivity contribution in [2.45, 2.75) is 13.1 Å². The molecule has 0 unspecified atom stereocenters. The molecule has 3 rings (SSSR count). The van der Waals surface area contributed by atoms with Crippen molar-refractivity contribution in [1.82, 2.24) is 14.8 Å². The Morgan fingerprint density at radius 2 is 1.96 bits per heavy atom. The molecule has 24 heavy (non-hydrogen) atoms. The summed E-state index contributed by atoms with van der Waals surface area (Å²) in [4.78, 5) is 5.17. The molecule has 0 spiro atoms. The molecule has 3 aromatic rings. The predicted molar refractivity (Wildman–Crippen MR) is 85.6 cm³/mol. The number of hydrogen-bond donors (Lipinski definition) is 0. The van der Waals surface area contributed by atoms with Gasteiger partial charge < -0.3 is 4.74 Å². The summed E-state index contributed by atoms with van der Waals surface area (Å²) in [5.41, 5.74) is 0.482. The van der Waals surface area contributed by atoms with E-state index in [1.807, 2.05) is 19.1 Å². The van der Waals surface area contributed by atoms with Gasteiger partial charge in [-0.1, -0.05) is 11.6 Å². The molecule has 0 saturated heterocycles. The van der Waals surface area contributed by atoms with Crippen LogP contribution in [0.2, 0.25) is 4.34 Å². The monoisotopic (exact) mass is 373 g/mol. The fourth-order valence-corrected chi connectivity index (χ4v) is 3.06. The van der Waals surface area contributed by atoms with Crippen LogP contribution in [0.5, 0.6) is 11.8 Å². The highest BCUT2D eigenvalue weighted by molar-refractivity contribution is 7.19. The van der Waals surface area contributed by atoms with E-state index in [0.29, 0.717) is 10.0 Å².